The fraction of sp³-hybridized carbons (Fsp3) is 0.643. The smallest absolute Gasteiger partial charge is 0.0541 e. The number of rotatable bonds is 8. The maximum Gasteiger partial charge on any atom is 0.0541 e. The van der Waals surface area contributed by atoms with Crippen molar-refractivity contribution in [2.45, 2.75) is 46.3 Å². The van der Waals surface area contributed by atoms with Gasteiger partial charge in [-0.25, -0.2) is 0 Å². The molecule has 17 heavy (non-hydrogen) atoms. The Balaban J connectivity index is 1.99. The number of aromatic nitrogens is 1. The Kier molecular flexibility index (Phi) is 6.82. The van der Waals surface area contributed by atoms with Gasteiger partial charge in [0.2, 0.25) is 0 Å². The lowest BCUT2D eigenvalue weighted by Gasteiger charge is -2.07. The predicted octanol–water partition coefficient (Wildman–Crippen LogP) is 2.68. The third-order valence-electron chi connectivity index (χ3n) is 2.48. The molecule has 0 amide bonds. The zero-order chi connectivity index (χ0) is 12.5. The molecule has 0 saturated heterocycles. The standard InChI is InChI=1S/C14H24N2O/c1-12(2)17-9-5-4-8-15-11-14-7-6-13(3)10-16-14/h6-7,10,12,15H,4-5,8-9,11H2,1-3H3. The summed E-state index contributed by atoms with van der Waals surface area (Å²) in [5, 5.41) is 3.39. The molecular formula is C14H24N2O. The van der Waals surface area contributed by atoms with Crippen LogP contribution in [0.15, 0.2) is 18.3 Å². The first-order valence-corrected chi connectivity index (χ1v) is 6.42. The summed E-state index contributed by atoms with van der Waals surface area (Å²) in [5.74, 6) is 0. The van der Waals surface area contributed by atoms with Gasteiger partial charge in [0.05, 0.1) is 11.8 Å². The van der Waals surface area contributed by atoms with Gasteiger partial charge < -0.3 is 10.1 Å². The van der Waals surface area contributed by atoms with Crippen LogP contribution in [0.25, 0.3) is 0 Å². The lowest BCUT2D eigenvalue weighted by Crippen LogP contribution is -2.16. The molecule has 96 valence electrons. The van der Waals surface area contributed by atoms with Crippen LogP contribution in [-0.4, -0.2) is 24.2 Å². The summed E-state index contributed by atoms with van der Waals surface area (Å²) in [6, 6.07) is 4.17. The number of ether oxygens (including phenoxy) is 1. The van der Waals surface area contributed by atoms with Crippen molar-refractivity contribution in [1.29, 1.82) is 0 Å². The minimum atomic E-state index is 0.347. The van der Waals surface area contributed by atoms with Crippen molar-refractivity contribution in [3.8, 4) is 0 Å². The van der Waals surface area contributed by atoms with Crippen molar-refractivity contribution < 1.29 is 4.74 Å². The topological polar surface area (TPSA) is 34.1 Å². The molecule has 0 aliphatic rings. The molecule has 3 nitrogen and oxygen atoms in total. The number of nitrogens with one attached hydrogen (secondary N) is 1. The molecule has 3 heteroatoms. The van der Waals surface area contributed by atoms with Gasteiger partial charge in [-0.2, -0.15) is 0 Å². The van der Waals surface area contributed by atoms with E-state index >= 15 is 0 Å². The summed E-state index contributed by atoms with van der Waals surface area (Å²) in [5.41, 5.74) is 2.31. The Morgan fingerprint density at radius 1 is 1.29 bits per heavy atom. The van der Waals surface area contributed by atoms with Gasteiger partial charge in [-0.1, -0.05) is 6.07 Å². The Bertz CT molecular complexity index is 296. The van der Waals surface area contributed by atoms with Crippen LogP contribution in [0.5, 0.6) is 0 Å². The van der Waals surface area contributed by atoms with E-state index in [1.807, 2.05) is 6.20 Å². The van der Waals surface area contributed by atoms with Gasteiger partial charge in [0.1, 0.15) is 0 Å². The summed E-state index contributed by atoms with van der Waals surface area (Å²) < 4.78 is 5.48. The second-order valence-electron chi connectivity index (χ2n) is 4.63. The van der Waals surface area contributed by atoms with Crippen molar-refractivity contribution in [2.75, 3.05) is 13.2 Å². The SMILES string of the molecule is Cc1ccc(CNCCCCOC(C)C)nc1. The normalized spacial score (nSPS) is 11.1. The quantitative estimate of drug-likeness (QED) is 0.705. The van der Waals surface area contributed by atoms with Gasteiger partial charge in [-0.15, -0.1) is 0 Å². The van der Waals surface area contributed by atoms with Crippen LogP contribution in [0.3, 0.4) is 0 Å². The molecule has 1 aromatic rings. The minimum absolute atomic E-state index is 0.347. The number of pyridine rings is 1. The maximum atomic E-state index is 5.48. The summed E-state index contributed by atoms with van der Waals surface area (Å²) >= 11 is 0. The monoisotopic (exact) mass is 236 g/mol. The molecule has 1 rings (SSSR count). The summed E-state index contributed by atoms with van der Waals surface area (Å²) in [7, 11) is 0. The Hall–Kier alpha value is -0.930. The zero-order valence-corrected chi connectivity index (χ0v) is 11.2. The van der Waals surface area contributed by atoms with Crippen LogP contribution in [0, 0.1) is 6.92 Å². The number of aryl methyl sites for hydroxylation is 1. The molecular weight excluding hydrogens is 212 g/mol. The van der Waals surface area contributed by atoms with Gasteiger partial charge in [0.15, 0.2) is 0 Å². The molecule has 1 heterocycles. The van der Waals surface area contributed by atoms with E-state index in [9.17, 15) is 0 Å². The first kappa shape index (κ1) is 14.1. The van der Waals surface area contributed by atoms with Crippen molar-refractivity contribution in [3.63, 3.8) is 0 Å². The fourth-order valence-corrected chi connectivity index (χ4v) is 1.49. The maximum absolute atomic E-state index is 5.48. The predicted molar refractivity (Wildman–Crippen MR) is 71.0 cm³/mol. The van der Waals surface area contributed by atoms with Gasteiger partial charge in [0.25, 0.3) is 0 Å². The summed E-state index contributed by atoms with van der Waals surface area (Å²) in [6.07, 6.45) is 4.53. The molecule has 0 aliphatic carbocycles. The molecule has 0 spiro atoms. The van der Waals surface area contributed by atoms with E-state index in [0.29, 0.717) is 6.10 Å². The van der Waals surface area contributed by atoms with E-state index in [4.69, 9.17) is 4.74 Å². The highest BCUT2D eigenvalue weighted by molar-refractivity contribution is 5.11. The Morgan fingerprint density at radius 3 is 2.76 bits per heavy atom. The summed E-state index contributed by atoms with van der Waals surface area (Å²) in [6.45, 7) is 8.94. The molecule has 0 bridgehead atoms. The van der Waals surface area contributed by atoms with E-state index in [2.05, 4.69) is 43.2 Å². The Labute approximate surface area is 105 Å². The van der Waals surface area contributed by atoms with Gasteiger partial charge in [-0.05, 0) is 51.8 Å². The third-order valence-corrected chi connectivity index (χ3v) is 2.48. The lowest BCUT2D eigenvalue weighted by molar-refractivity contribution is 0.0760. The molecule has 0 unspecified atom stereocenters. The number of hydrogen-bond donors (Lipinski definition) is 1. The zero-order valence-electron chi connectivity index (χ0n) is 11.2. The average Bonchev–Trinajstić information content (AvgIpc) is 2.30. The molecule has 0 radical (unpaired) electrons. The highest BCUT2D eigenvalue weighted by Crippen LogP contribution is 1.98. The van der Waals surface area contributed by atoms with Crippen molar-refractivity contribution >= 4 is 0 Å². The lowest BCUT2D eigenvalue weighted by atomic mass is 10.2. The highest BCUT2D eigenvalue weighted by Gasteiger charge is 1.95. The van der Waals surface area contributed by atoms with Crippen molar-refractivity contribution in [1.82, 2.24) is 10.3 Å². The molecule has 0 aromatic carbocycles. The molecule has 1 N–H and O–H groups in total. The molecule has 0 aliphatic heterocycles. The van der Waals surface area contributed by atoms with E-state index in [0.717, 1.165) is 38.2 Å². The van der Waals surface area contributed by atoms with Crippen LogP contribution in [0.2, 0.25) is 0 Å². The van der Waals surface area contributed by atoms with E-state index < -0.39 is 0 Å². The molecule has 1 aromatic heterocycles. The van der Waals surface area contributed by atoms with E-state index in [-0.39, 0.29) is 0 Å². The van der Waals surface area contributed by atoms with E-state index in [1.165, 1.54) is 5.56 Å². The van der Waals surface area contributed by atoms with Crippen LogP contribution < -0.4 is 5.32 Å². The largest absolute Gasteiger partial charge is 0.379 e. The minimum Gasteiger partial charge on any atom is -0.379 e. The van der Waals surface area contributed by atoms with Crippen LogP contribution >= 0.6 is 0 Å². The third kappa shape index (κ3) is 7.08. The first-order valence-electron chi connectivity index (χ1n) is 6.42. The molecule has 0 saturated carbocycles. The average molecular weight is 236 g/mol. The number of unbranched alkanes of at least 4 members (excludes halogenated alkanes) is 1. The molecule has 0 atom stereocenters. The molecule has 0 fully saturated rings. The first-order chi connectivity index (χ1) is 8.18. The van der Waals surface area contributed by atoms with Crippen LogP contribution in [0.4, 0.5) is 0 Å². The van der Waals surface area contributed by atoms with Gasteiger partial charge >= 0.3 is 0 Å². The van der Waals surface area contributed by atoms with Crippen LogP contribution in [-0.2, 0) is 11.3 Å². The van der Waals surface area contributed by atoms with Gasteiger partial charge in [0, 0.05) is 19.3 Å². The second-order valence-corrected chi connectivity index (χ2v) is 4.63. The van der Waals surface area contributed by atoms with Gasteiger partial charge in [-0.3, -0.25) is 4.98 Å². The van der Waals surface area contributed by atoms with Crippen molar-refractivity contribution in [2.24, 2.45) is 0 Å². The number of nitrogens with zero attached hydrogens (tertiary/aromatic N) is 1. The highest BCUT2D eigenvalue weighted by atomic mass is 16.5. The van der Waals surface area contributed by atoms with Crippen LogP contribution in [0.1, 0.15) is 37.9 Å². The number of hydrogen-bond acceptors (Lipinski definition) is 3. The second kappa shape index (κ2) is 8.20. The fourth-order valence-electron chi connectivity index (χ4n) is 1.49. The van der Waals surface area contributed by atoms with Crippen molar-refractivity contribution in [3.05, 3.63) is 29.6 Å². The van der Waals surface area contributed by atoms with E-state index in [1.54, 1.807) is 0 Å². The summed E-state index contributed by atoms with van der Waals surface area (Å²) in [4.78, 5) is 4.35. The Morgan fingerprint density at radius 2 is 2.12 bits per heavy atom.